The molecule has 1 nitrogen and oxygen atoms in total. The predicted octanol–water partition coefficient (Wildman–Crippen LogP) is 4.47. The number of nitrogens with one attached hydrogen (secondary N) is 1. The molecule has 0 aliphatic heterocycles. The minimum atomic E-state index is 0.529. The van der Waals surface area contributed by atoms with Crippen molar-refractivity contribution < 1.29 is 0 Å². The van der Waals surface area contributed by atoms with Crippen LogP contribution < -0.4 is 5.32 Å². The number of fused-ring (bicyclic) bond motifs is 3. The van der Waals surface area contributed by atoms with Crippen LogP contribution in [0.5, 0.6) is 0 Å². The molecular weight excluding hydrogens is 262 g/mol. The fourth-order valence-electron chi connectivity index (χ4n) is 4.95. The third-order valence-corrected chi connectivity index (χ3v) is 6.75. The number of thiophene rings is 1. The summed E-state index contributed by atoms with van der Waals surface area (Å²) in [4.78, 5) is 0. The van der Waals surface area contributed by atoms with E-state index in [1.165, 1.54) is 48.7 Å². The zero-order valence-electron chi connectivity index (χ0n) is 12.2. The molecule has 20 heavy (non-hydrogen) atoms. The first-order chi connectivity index (χ1) is 9.81. The van der Waals surface area contributed by atoms with Gasteiger partial charge in [0.2, 0.25) is 0 Å². The third-order valence-electron chi connectivity index (χ3n) is 5.73. The van der Waals surface area contributed by atoms with Crippen LogP contribution >= 0.6 is 11.3 Å². The van der Waals surface area contributed by atoms with E-state index in [9.17, 15) is 0 Å². The molecule has 1 heterocycles. The van der Waals surface area contributed by atoms with Crippen molar-refractivity contribution in [1.82, 2.24) is 5.32 Å². The standard InChI is InChI=1S/C18H23NS/c1-19-12-18(9-13-6-7-15(18)8-13)10-14-11-20-17-5-3-2-4-16(14)17/h2-5,11,13,15,19H,6-10,12H2,1H3. The van der Waals surface area contributed by atoms with Crippen molar-refractivity contribution in [3.8, 4) is 0 Å². The van der Waals surface area contributed by atoms with Crippen LogP contribution in [-0.4, -0.2) is 13.6 Å². The molecule has 1 aromatic heterocycles. The van der Waals surface area contributed by atoms with Gasteiger partial charge in [0.25, 0.3) is 0 Å². The SMILES string of the molecule is CNCC1(Cc2csc3ccccc23)CC2CCC1C2. The number of hydrogen-bond donors (Lipinski definition) is 1. The van der Waals surface area contributed by atoms with Gasteiger partial charge >= 0.3 is 0 Å². The zero-order chi connectivity index (χ0) is 13.6. The average molecular weight is 285 g/mol. The van der Waals surface area contributed by atoms with Crippen LogP contribution in [0.1, 0.15) is 31.2 Å². The Balaban J connectivity index is 1.69. The van der Waals surface area contributed by atoms with E-state index >= 15 is 0 Å². The molecule has 2 aliphatic rings. The highest BCUT2D eigenvalue weighted by atomic mass is 32.1. The van der Waals surface area contributed by atoms with Crippen molar-refractivity contribution >= 4 is 21.4 Å². The van der Waals surface area contributed by atoms with E-state index in [-0.39, 0.29) is 0 Å². The number of benzene rings is 1. The molecule has 1 aromatic carbocycles. The van der Waals surface area contributed by atoms with Gasteiger partial charge in [-0.3, -0.25) is 0 Å². The molecule has 4 rings (SSSR count). The van der Waals surface area contributed by atoms with Gasteiger partial charge in [-0.05, 0) is 72.4 Å². The van der Waals surface area contributed by atoms with Gasteiger partial charge in [-0.25, -0.2) is 0 Å². The molecule has 2 heteroatoms. The van der Waals surface area contributed by atoms with E-state index in [2.05, 4.69) is 42.0 Å². The Kier molecular flexibility index (Phi) is 3.12. The summed E-state index contributed by atoms with van der Waals surface area (Å²) >= 11 is 1.91. The molecule has 106 valence electrons. The minimum Gasteiger partial charge on any atom is -0.319 e. The molecule has 0 saturated heterocycles. The van der Waals surface area contributed by atoms with E-state index < -0.39 is 0 Å². The first kappa shape index (κ1) is 12.8. The summed E-state index contributed by atoms with van der Waals surface area (Å²) in [7, 11) is 2.12. The second-order valence-corrected chi connectivity index (χ2v) is 7.82. The van der Waals surface area contributed by atoms with Gasteiger partial charge in [-0.2, -0.15) is 0 Å². The first-order valence-electron chi connectivity index (χ1n) is 7.90. The van der Waals surface area contributed by atoms with Gasteiger partial charge in [-0.1, -0.05) is 24.6 Å². The van der Waals surface area contributed by atoms with Gasteiger partial charge in [-0.15, -0.1) is 11.3 Å². The number of rotatable bonds is 4. The normalized spacial score (nSPS) is 32.2. The fourth-order valence-corrected chi connectivity index (χ4v) is 5.92. The Labute approximate surface area is 125 Å². The third kappa shape index (κ3) is 1.93. The zero-order valence-corrected chi connectivity index (χ0v) is 13.0. The van der Waals surface area contributed by atoms with Gasteiger partial charge in [0.15, 0.2) is 0 Å². The molecule has 2 aromatic rings. The average Bonchev–Trinajstić information content (AvgIpc) is 3.14. The fraction of sp³-hybridized carbons (Fsp3) is 0.556. The smallest absolute Gasteiger partial charge is 0.0345 e. The van der Waals surface area contributed by atoms with E-state index in [4.69, 9.17) is 0 Å². The highest BCUT2D eigenvalue weighted by Crippen LogP contribution is 2.57. The Morgan fingerprint density at radius 1 is 1.30 bits per heavy atom. The molecule has 2 aliphatic carbocycles. The number of hydrogen-bond acceptors (Lipinski definition) is 2. The van der Waals surface area contributed by atoms with Crippen molar-refractivity contribution in [2.45, 2.75) is 32.1 Å². The van der Waals surface area contributed by atoms with Crippen LogP contribution in [0.15, 0.2) is 29.6 Å². The maximum Gasteiger partial charge on any atom is 0.0345 e. The molecule has 2 fully saturated rings. The lowest BCUT2D eigenvalue weighted by Gasteiger charge is -2.38. The summed E-state index contributed by atoms with van der Waals surface area (Å²) in [6, 6.07) is 8.91. The summed E-state index contributed by atoms with van der Waals surface area (Å²) in [5, 5.41) is 7.41. The largest absolute Gasteiger partial charge is 0.319 e. The molecule has 1 N–H and O–H groups in total. The van der Waals surface area contributed by atoms with Crippen molar-refractivity contribution in [3.05, 3.63) is 35.2 Å². The van der Waals surface area contributed by atoms with E-state index in [1.807, 2.05) is 11.3 Å². The first-order valence-corrected chi connectivity index (χ1v) is 8.78. The van der Waals surface area contributed by atoms with E-state index in [0.717, 1.165) is 11.8 Å². The minimum absolute atomic E-state index is 0.529. The summed E-state index contributed by atoms with van der Waals surface area (Å²) in [5.41, 5.74) is 2.12. The second-order valence-electron chi connectivity index (χ2n) is 6.91. The van der Waals surface area contributed by atoms with Crippen LogP contribution in [0.4, 0.5) is 0 Å². The van der Waals surface area contributed by atoms with E-state index in [1.54, 1.807) is 5.56 Å². The molecule has 2 saturated carbocycles. The van der Waals surface area contributed by atoms with Crippen molar-refractivity contribution in [2.75, 3.05) is 13.6 Å². The maximum atomic E-state index is 3.50. The van der Waals surface area contributed by atoms with E-state index in [0.29, 0.717) is 5.41 Å². The van der Waals surface area contributed by atoms with Crippen molar-refractivity contribution in [3.63, 3.8) is 0 Å². The predicted molar refractivity (Wildman–Crippen MR) is 87.3 cm³/mol. The Morgan fingerprint density at radius 3 is 2.95 bits per heavy atom. The summed E-state index contributed by atoms with van der Waals surface area (Å²) in [6.45, 7) is 1.19. The van der Waals surface area contributed by atoms with Gasteiger partial charge in [0.1, 0.15) is 0 Å². The lowest BCUT2D eigenvalue weighted by molar-refractivity contribution is 0.160. The van der Waals surface area contributed by atoms with Gasteiger partial charge in [0, 0.05) is 11.2 Å². The maximum absolute atomic E-state index is 3.50. The van der Waals surface area contributed by atoms with Crippen LogP contribution in [0, 0.1) is 17.3 Å². The summed E-state index contributed by atoms with van der Waals surface area (Å²) < 4.78 is 1.45. The monoisotopic (exact) mass is 285 g/mol. The van der Waals surface area contributed by atoms with Crippen molar-refractivity contribution in [2.24, 2.45) is 17.3 Å². The van der Waals surface area contributed by atoms with Crippen LogP contribution in [0.2, 0.25) is 0 Å². The Morgan fingerprint density at radius 2 is 2.20 bits per heavy atom. The summed E-state index contributed by atoms with van der Waals surface area (Å²) in [5.74, 6) is 1.97. The highest BCUT2D eigenvalue weighted by Gasteiger charge is 2.50. The second kappa shape index (κ2) is 4.85. The van der Waals surface area contributed by atoms with Crippen LogP contribution in [-0.2, 0) is 6.42 Å². The quantitative estimate of drug-likeness (QED) is 0.874. The summed E-state index contributed by atoms with van der Waals surface area (Å²) in [6.07, 6.45) is 7.17. The Hall–Kier alpha value is -0.860. The topological polar surface area (TPSA) is 12.0 Å². The molecule has 0 spiro atoms. The molecule has 3 unspecified atom stereocenters. The van der Waals surface area contributed by atoms with Gasteiger partial charge in [0.05, 0.1) is 0 Å². The molecular formula is C18H23NS. The lowest BCUT2D eigenvalue weighted by Crippen LogP contribution is -2.39. The molecule has 0 radical (unpaired) electrons. The molecule has 2 bridgehead atoms. The molecule has 0 amide bonds. The Bertz CT molecular complexity index is 617. The van der Waals surface area contributed by atoms with Crippen LogP contribution in [0.25, 0.3) is 10.1 Å². The lowest BCUT2D eigenvalue weighted by atomic mass is 9.69. The highest BCUT2D eigenvalue weighted by molar-refractivity contribution is 7.17. The molecule has 3 atom stereocenters. The van der Waals surface area contributed by atoms with Crippen LogP contribution in [0.3, 0.4) is 0 Å². The van der Waals surface area contributed by atoms with Crippen molar-refractivity contribution in [1.29, 1.82) is 0 Å². The van der Waals surface area contributed by atoms with Gasteiger partial charge < -0.3 is 5.32 Å².